The molecule has 0 bridgehead atoms. The number of aromatic nitrogens is 4. The van der Waals surface area contributed by atoms with Gasteiger partial charge in [0, 0.05) is 60.5 Å². The van der Waals surface area contributed by atoms with Crippen molar-refractivity contribution in [2.45, 2.75) is 32.9 Å². The van der Waals surface area contributed by atoms with Gasteiger partial charge >= 0.3 is 0 Å². The molecule has 1 aliphatic rings. The van der Waals surface area contributed by atoms with Crippen molar-refractivity contribution in [3.05, 3.63) is 54.2 Å². The summed E-state index contributed by atoms with van der Waals surface area (Å²) in [6, 6.07) is 8.93. The maximum absolute atomic E-state index is 4.91. The zero-order chi connectivity index (χ0) is 15.8. The van der Waals surface area contributed by atoms with E-state index < -0.39 is 0 Å². The highest BCUT2D eigenvalue weighted by atomic mass is 15.3. The fourth-order valence-electron chi connectivity index (χ4n) is 3.24. The van der Waals surface area contributed by atoms with Gasteiger partial charge in [-0.05, 0) is 26.0 Å². The van der Waals surface area contributed by atoms with E-state index in [2.05, 4.69) is 53.1 Å². The van der Waals surface area contributed by atoms with Crippen LogP contribution >= 0.6 is 0 Å². The van der Waals surface area contributed by atoms with E-state index >= 15 is 0 Å². The number of nitrogens with one attached hydrogen (secondary N) is 1. The molecular weight excluding hydrogens is 286 g/mol. The second-order valence-corrected chi connectivity index (χ2v) is 6.26. The van der Waals surface area contributed by atoms with E-state index in [0.29, 0.717) is 6.04 Å². The first-order chi connectivity index (χ1) is 11.2. The molecule has 0 spiro atoms. The van der Waals surface area contributed by atoms with Gasteiger partial charge in [0.05, 0.1) is 12.0 Å². The number of rotatable bonds is 3. The smallest absolute Gasteiger partial charge is 0.0991 e. The summed E-state index contributed by atoms with van der Waals surface area (Å²) in [5.74, 6) is 0. The first-order valence-corrected chi connectivity index (χ1v) is 8.14. The predicted octanol–water partition coefficient (Wildman–Crippen LogP) is 2.96. The van der Waals surface area contributed by atoms with E-state index in [1.54, 1.807) is 6.20 Å². The van der Waals surface area contributed by atoms with E-state index in [4.69, 9.17) is 5.10 Å². The Morgan fingerprint density at radius 2 is 2.00 bits per heavy atom. The third-order valence-corrected chi connectivity index (χ3v) is 4.39. The lowest BCUT2D eigenvalue weighted by atomic mass is 10.0. The minimum absolute atomic E-state index is 0.390. The van der Waals surface area contributed by atoms with Crippen LogP contribution in [0, 0.1) is 0 Å². The van der Waals surface area contributed by atoms with Crippen molar-refractivity contribution in [3.8, 4) is 16.9 Å². The minimum Gasteiger partial charge on any atom is -0.312 e. The monoisotopic (exact) mass is 307 g/mol. The molecule has 0 saturated carbocycles. The van der Waals surface area contributed by atoms with Crippen molar-refractivity contribution in [2.24, 2.45) is 0 Å². The zero-order valence-electron chi connectivity index (χ0n) is 13.5. The Balaban J connectivity index is 1.76. The number of benzene rings is 1. The molecule has 23 heavy (non-hydrogen) atoms. The van der Waals surface area contributed by atoms with E-state index in [1.165, 1.54) is 16.8 Å². The summed E-state index contributed by atoms with van der Waals surface area (Å²) in [6.07, 6.45) is 6.61. The van der Waals surface area contributed by atoms with Crippen molar-refractivity contribution in [2.75, 3.05) is 6.54 Å². The number of fused-ring (bicyclic) bond motifs is 1. The van der Waals surface area contributed by atoms with Crippen LogP contribution in [0.15, 0.2) is 43.0 Å². The standard InChI is InChI=1S/C18H21N5/c1-13(2)23-17-7-8-19-11-16(17)18(21-23)14-3-5-15(6-4-14)22-10-9-20-12-22/h3-6,9-10,12-13,19H,7-8,11H2,1-2H3. The molecule has 1 aromatic carbocycles. The maximum atomic E-state index is 4.91. The van der Waals surface area contributed by atoms with E-state index in [9.17, 15) is 0 Å². The Kier molecular flexibility index (Phi) is 3.50. The van der Waals surface area contributed by atoms with Gasteiger partial charge in [-0.3, -0.25) is 4.68 Å². The van der Waals surface area contributed by atoms with E-state index in [0.717, 1.165) is 30.9 Å². The number of imidazole rings is 1. The Morgan fingerprint density at radius 1 is 1.17 bits per heavy atom. The van der Waals surface area contributed by atoms with Crippen molar-refractivity contribution in [1.82, 2.24) is 24.6 Å². The Morgan fingerprint density at radius 3 is 2.70 bits per heavy atom. The van der Waals surface area contributed by atoms with Crippen molar-refractivity contribution >= 4 is 0 Å². The van der Waals surface area contributed by atoms with Gasteiger partial charge in [0.25, 0.3) is 0 Å². The highest BCUT2D eigenvalue weighted by Gasteiger charge is 2.22. The second-order valence-electron chi connectivity index (χ2n) is 6.26. The highest BCUT2D eigenvalue weighted by molar-refractivity contribution is 5.66. The SMILES string of the molecule is CC(C)n1nc(-c2ccc(-n3ccnc3)cc2)c2c1CCNC2. The summed E-state index contributed by atoms with van der Waals surface area (Å²) in [5.41, 5.74) is 6.13. The molecule has 2 aromatic heterocycles. The van der Waals surface area contributed by atoms with Crippen LogP contribution in [0.2, 0.25) is 0 Å². The van der Waals surface area contributed by atoms with Gasteiger partial charge in [0.2, 0.25) is 0 Å². The largest absolute Gasteiger partial charge is 0.312 e. The van der Waals surface area contributed by atoms with Crippen LogP contribution in [0.1, 0.15) is 31.1 Å². The molecule has 1 aliphatic heterocycles. The molecule has 3 heterocycles. The average Bonchev–Trinajstić information content (AvgIpc) is 3.23. The van der Waals surface area contributed by atoms with Gasteiger partial charge < -0.3 is 9.88 Å². The summed E-state index contributed by atoms with van der Waals surface area (Å²) in [4.78, 5) is 4.10. The zero-order valence-corrected chi connectivity index (χ0v) is 13.5. The van der Waals surface area contributed by atoms with Crippen molar-refractivity contribution < 1.29 is 0 Å². The van der Waals surface area contributed by atoms with Crippen LogP contribution in [0.3, 0.4) is 0 Å². The van der Waals surface area contributed by atoms with Gasteiger partial charge in [-0.2, -0.15) is 5.10 Å². The van der Waals surface area contributed by atoms with Gasteiger partial charge in [-0.25, -0.2) is 4.98 Å². The number of hydrogen-bond donors (Lipinski definition) is 1. The third-order valence-electron chi connectivity index (χ3n) is 4.39. The molecule has 5 heteroatoms. The van der Waals surface area contributed by atoms with Crippen LogP contribution in [0.5, 0.6) is 0 Å². The average molecular weight is 307 g/mol. The number of nitrogens with zero attached hydrogens (tertiary/aromatic N) is 4. The molecule has 0 amide bonds. The molecule has 0 unspecified atom stereocenters. The minimum atomic E-state index is 0.390. The maximum Gasteiger partial charge on any atom is 0.0991 e. The molecule has 0 atom stereocenters. The van der Waals surface area contributed by atoms with E-state index in [1.807, 2.05) is 17.1 Å². The molecule has 0 aliphatic carbocycles. The summed E-state index contributed by atoms with van der Waals surface area (Å²) in [5, 5.41) is 8.38. The normalized spacial score (nSPS) is 14.2. The molecular formula is C18H21N5. The van der Waals surface area contributed by atoms with Crippen molar-refractivity contribution in [3.63, 3.8) is 0 Å². The first-order valence-electron chi connectivity index (χ1n) is 8.14. The molecule has 3 aromatic rings. The molecule has 1 N–H and O–H groups in total. The molecule has 118 valence electrons. The number of hydrogen-bond acceptors (Lipinski definition) is 3. The van der Waals surface area contributed by atoms with E-state index in [-0.39, 0.29) is 0 Å². The topological polar surface area (TPSA) is 47.7 Å². The Labute approximate surface area is 136 Å². The van der Waals surface area contributed by atoms with Gasteiger partial charge in [0.15, 0.2) is 0 Å². The van der Waals surface area contributed by atoms with Crippen LogP contribution < -0.4 is 5.32 Å². The molecule has 0 saturated heterocycles. The predicted molar refractivity (Wildman–Crippen MR) is 90.6 cm³/mol. The molecule has 5 nitrogen and oxygen atoms in total. The summed E-state index contributed by atoms with van der Waals surface area (Å²) < 4.78 is 4.20. The lowest BCUT2D eigenvalue weighted by Crippen LogP contribution is -2.25. The lowest BCUT2D eigenvalue weighted by molar-refractivity contribution is 0.494. The summed E-state index contributed by atoms with van der Waals surface area (Å²) in [6.45, 7) is 6.33. The van der Waals surface area contributed by atoms with Crippen LogP contribution in [-0.2, 0) is 13.0 Å². The molecule has 0 fully saturated rings. The third kappa shape index (κ3) is 2.47. The summed E-state index contributed by atoms with van der Waals surface area (Å²) in [7, 11) is 0. The first kappa shape index (κ1) is 14.2. The molecule has 0 radical (unpaired) electrons. The Hall–Kier alpha value is -2.40. The van der Waals surface area contributed by atoms with Crippen molar-refractivity contribution in [1.29, 1.82) is 0 Å². The quantitative estimate of drug-likeness (QED) is 0.809. The fourth-order valence-corrected chi connectivity index (χ4v) is 3.24. The van der Waals surface area contributed by atoms with Crippen LogP contribution in [0.25, 0.3) is 16.9 Å². The van der Waals surface area contributed by atoms with Crippen LogP contribution in [0.4, 0.5) is 0 Å². The lowest BCUT2D eigenvalue weighted by Gasteiger charge is -2.17. The Bertz CT molecular complexity index is 797. The van der Waals surface area contributed by atoms with Gasteiger partial charge in [-0.15, -0.1) is 0 Å². The van der Waals surface area contributed by atoms with Gasteiger partial charge in [0.1, 0.15) is 0 Å². The highest BCUT2D eigenvalue weighted by Crippen LogP contribution is 2.30. The second kappa shape index (κ2) is 5.66. The molecule has 4 rings (SSSR count). The van der Waals surface area contributed by atoms with Crippen LogP contribution in [-0.4, -0.2) is 25.9 Å². The fraction of sp³-hybridized carbons (Fsp3) is 0.333. The summed E-state index contributed by atoms with van der Waals surface area (Å²) >= 11 is 0. The van der Waals surface area contributed by atoms with Gasteiger partial charge in [-0.1, -0.05) is 12.1 Å².